The Hall–Kier alpha value is -0.660. The third-order valence-electron chi connectivity index (χ3n) is 1.86. The summed E-state index contributed by atoms with van der Waals surface area (Å²) in [6.07, 6.45) is -0.238. The van der Waals surface area contributed by atoms with Crippen molar-refractivity contribution in [2.45, 2.75) is 19.4 Å². The van der Waals surface area contributed by atoms with Gasteiger partial charge >= 0.3 is 5.97 Å². The number of ether oxygens (including phenoxy) is 1. The van der Waals surface area contributed by atoms with Gasteiger partial charge in [0.1, 0.15) is 0 Å². The maximum atomic E-state index is 11.5. The van der Waals surface area contributed by atoms with Crippen molar-refractivity contribution >= 4 is 16.0 Å². The quantitative estimate of drug-likeness (QED) is 0.613. The molecular weight excluding hydrogens is 222 g/mol. The van der Waals surface area contributed by atoms with Crippen LogP contribution in [0.15, 0.2) is 0 Å². The average molecular weight is 239 g/mol. The molecule has 1 N–H and O–H groups in total. The predicted octanol–water partition coefficient (Wildman–Crippen LogP) is -0.808. The molecule has 0 bridgehead atoms. The van der Waals surface area contributed by atoms with E-state index in [9.17, 15) is 13.2 Å². The second-order valence-corrected chi connectivity index (χ2v) is 5.37. The van der Waals surface area contributed by atoms with Crippen LogP contribution in [0.5, 0.6) is 0 Å². The average Bonchev–Trinajstić information content (AvgIpc) is 2.13. The van der Waals surface area contributed by atoms with Crippen LogP contribution in [0.25, 0.3) is 0 Å². The summed E-state index contributed by atoms with van der Waals surface area (Å²) in [4.78, 5) is 10.8. The number of hydrogen-bond donors (Lipinski definition) is 1. The standard InChI is InChI=1S/C8H17NO5S/c1-7(10)4-5-9(2)15(12,13)6-8(11)14-3/h7,10H,4-6H2,1-3H3. The lowest BCUT2D eigenvalue weighted by Crippen LogP contribution is -2.34. The molecule has 0 aliphatic rings. The first-order valence-corrected chi connectivity index (χ1v) is 6.09. The van der Waals surface area contributed by atoms with Gasteiger partial charge in [-0.2, -0.15) is 0 Å². The number of carbonyl (C=O) groups excluding carboxylic acids is 1. The molecular formula is C8H17NO5S. The number of esters is 1. The van der Waals surface area contributed by atoms with Gasteiger partial charge in [-0.05, 0) is 13.3 Å². The highest BCUT2D eigenvalue weighted by Crippen LogP contribution is 2.02. The van der Waals surface area contributed by atoms with Crippen molar-refractivity contribution in [2.75, 3.05) is 26.5 Å². The van der Waals surface area contributed by atoms with Gasteiger partial charge < -0.3 is 9.84 Å². The number of hydrogen-bond acceptors (Lipinski definition) is 5. The molecule has 0 rings (SSSR count). The predicted molar refractivity (Wildman–Crippen MR) is 54.7 cm³/mol. The van der Waals surface area contributed by atoms with Gasteiger partial charge in [-0.1, -0.05) is 0 Å². The van der Waals surface area contributed by atoms with Crippen molar-refractivity contribution in [3.63, 3.8) is 0 Å². The number of nitrogens with zero attached hydrogens (tertiary/aromatic N) is 1. The van der Waals surface area contributed by atoms with E-state index >= 15 is 0 Å². The fourth-order valence-corrected chi connectivity index (χ4v) is 1.85. The molecule has 0 aliphatic heterocycles. The Morgan fingerprint density at radius 3 is 2.47 bits per heavy atom. The Morgan fingerprint density at radius 2 is 2.07 bits per heavy atom. The van der Waals surface area contributed by atoms with Gasteiger partial charge in [-0.3, -0.25) is 4.79 Å². The maximum absolute atomic E-state index is 11.5. The third kappa shape index (κ3) is 5.71. The van der Waals surface area contributed by atoms with Gasteiger partial charge in [-0.15, -0.1) is 0 Å². The van der Waals surface area contributed by atoms with Crippen molar-refractivity contribution < 1.29 is 23.1 Å². The minimum atomic E-state index is -3.62. The minimum Gasteiger partial charge on any atom is -0.468 e. The summed E-state index contributed by atoms with van der Waals surface area (Å²) < 4.78 is 28.2. The number of rotatable bonds is 6. The van der Waals surface area contributed by atoms with Crippen LogP contribution in [0.2, 0.25) is 0 Å². The fourth-order valence-electron chi connectivity index (χ4n) is 0.826. The summed E-state index contributed by atoms with van der Waals surface area (Å²) in [5.41, 5.74) is 0. The fraction of sp³-hybridized carbons (Fsp3) is 0.875. The van der Waals surface area contributed by atoms with Gasteiger partial charge in [0.2, 0.25) is 10.0 Å². The molecule has 0 aromatic carbocycles. The molecule has 1 atom stereocenters. The van der Waals surface area contributed by atoms with Crippen LogP contribution in [-0.4, -0.2) is 56.4 Å². The normalized spacial score (nSPS) is 13.9. The molecule has 90 valence electrons. The molecule has 0 spiro atoms. The molecule has 0 fully saturated rings. The lowest BCUT2D eigenvalue weighted by molar-refractivity contribution is -0.137. The van der Waals surface area contributed by atoms with E-state index in [0.29, 0.717) is 6.42 Å². The van der Waals surface area contributed by atoms with Crippen LogP contribution in [0, 0.1) is 0 Å². The van der Waals surface area contributed by atoms with Crippen molar-refractivity contribution in [1.29, 1.82) is 0 Å². The first-order valence-electron chi connectivity index (χ1n) is 4.48. The minimum absolute atomic E-state index is 0.178. The van der Waals surface area contributed by atoms with E-state index in [1.807, 2.05) is 0 Å². The monoisotopic (exact) mass is 239 g/mol. The Bertz CT molecular complexity index is 298. The van der Waals surface area contributed by atoms with Crippen LogP contribution in [-0.2, 0) is 19.6 Å². The number of carbonyl (C=O) groups is 1. The highest BCUT2D eigenvalue weighted by molar-refractivity contribution is 7.89. The summed E-state index contributed by atoms with van der Waals surface area (Å²) in [7, 11) is -1.13. The zero-order valence-corrected chi connectivity index (χ0v) is 9.95. The SMILES string of the molecule is COC(=O)CS(=O)(=O)N(C)CCC(C)O. The molecule has 1 unspecified atom stereocenters. The van der Waals surface area contributed by atoms with Crippen LogP contribution < -0.4 is 0 Å². The van der Waals surface area contributed by atoms with Crippen molar-refractivity contribution in [3.8, 4) is 0 Å². The Kier molecular flexibility index (Phi) is 5.77. The van der Waals surface area contributed by atoms with Crippen molar-refractivity contribution in [1.82, 2.24) is 4.31 Å². The highest BCUT2D eigenvalue weighted by atomic mass is 32.2. The maximum Gasteiger partial charge on any atom is 0.322 e. The van der Waals surface area contributed by atoms with Crippen molar-refractivity contribution in [3.05, 3.63) is 0 Å². The second-order valence-electron chi connectivity index (χ2n) is 3.29. The number of sulfonamides is 1. The lowest BCUT2D eigenvalue weighted by atomic mass is 10.3. The molecule has 0 aromatic rings. The van der Waals surface area contributed by atoms with Crippen LogP contribution in [0.1, 0.15) is 13.3 Å². The molecule has 0 radical (unpaired) electrons. The van der Waals surface area contributed by atoms with Crippen LogP contribution in [0.4, 0.5) is 0 Å². The molecule has 6 nitrogen and oxygen atoms in total. The summed E-state index contributed by atoms with van der Waals surface area (Å²) in [5, 5.41) is 8.98. The molecule has 0 saturated heterocycles. The molecule has 15 heavy (non-hydrogen) atoms. The summed E-state index contributed by atoms with van der Waals surface area (Å²) in [5.74, 6) is -1.46. The third-order valence-corrected chi connectivity index (χ3v) is 3.60. The molecule has 7 heteroatoms. The summed E-state index contributed by atoms with van der Waals surface area (Å²) >= 11 is 0. The molecule has 0 amide bonds. The molecule has 0 saturated carbocycles. The molecule has 0 aliphatic carbocycles. The zero-order chi connectivity index (χ0) is 12.1. The van der Waals surface area contributed by atoms with E-state index in [-0.39, 0.29) is 6.54 Å². The smallest absolute Gasteiger partial charge is 0.322 e. The van der Waals surface area contributed by atoms with E-state index in [1.165, 1.54) is 7.05 Å². The Labute approximate surface area is 89.9 Å². The van der Waals surface area contributed by atoms with Gasteiger partial charge in [0.15, 0.2) is 5.75 Å². The Balaban J connectivity index is 4.27. The molecule has 0 aromatic heterocycles. The van der Waals surface area contributed by atoms with Crippen molar-refractivity contribution in [2.24, 2.45) is 0 Å². The van der Waals surface area contributed by atoms with Crippen LogP contribution >= 0.6 is 0 Å². The van der Waals surface area contributed by atoms with Gasteiger partial charge in [0.05, 0.1) is 13.2 Å². The van der Waals surface area contributed by atoms with E-state index in [0.717, 1.165) is 11.4 Å². The number of aliphatic hydroxyl groups excluding tert-OH is 1. The first-order chi connectivity index (χ1) is 6.79. The highest BCUT2D eigenvalue weighted by Gasteiger charge is 2.22. The summed E-state index contributed by atoms with van der Waals surface area (Å²) in [6, 6.07) is 0. The van der Waals surface area contributed by atoms with Gasteiger partial charge in [-0.25, -0.2) is 12.7 Å². The van der Waals surface area contributed by atoms with Crippen LogP contribution in [0.3, 0.4) is 0 Å². The number of aliphatic hydroxyl groups is 1. The van der Waals surface area contributed by atoms with E-state index in [4.69, 9.17) is 5.11 Å². The second kappa shape index (κ2) is 6.04. The summed E-state index contributed by atoms with van der Waals surface area (Å²) in [6.45, 7) is 1.75. The van der Waals surface area contributed by atoms with Gasteiger partial charge in [0, 0.05) is 13.6 Å². The van der Waals surface area contributed by atoms with E-state index in [2.05, 4.69) is 4.74 Å². The topological polar surface area (TPSA) is 83.9 Å². The van der Waals surface area contributed by atoms with E-state index in [1.54, 1.807) is 6.92 Å². The lowest BCUT2D eigenvalue weighted by Gasteiger charge is -2.16. The number of methoxy groups -OCH3 is 1. The zero-order valence-electron chi connectivity index (χ0n) is 9.13. The first kappa shape index (κ1) is 14.3. The molecule has 0 heterocycles. The largest absolute Gasteiger partial charge is 0.468 e. The van der Waals surface area contributed by atoms with Gasteiger partial charge in [0.25, 0.3) is 0 Å². The Morgan fingerprint density at radius 1 is 1.53 bits per heavy atom. The van der Waals surface area contributed by atoms with E-state index < -0.39 is 27.8 Å².